The molecule has 2 saturated carbocycles. The molecule has 3 rings (SSSR count). The molecule has 0 spiro atoms. The van der Waals surface area contributed by atoms with Gasteiger partial charge in [-0.1, -0.05) is 31.4 Å². The van der Waals surface area contributed by atoms with E-state index in [1.807, 2.05) is 0 Å². The zero-order valence-electron chi connectivity index (χ0n) is 12.0. The maximum Gasteiger partial charge on any atom is 0.122 e. The second kappa shape index (κ2) is 5.16. The number of ether oxygens (including phenoxy) is 1. The Morgan fingerprint density at radius 1 is 1.21 bits per heavy atom. The first-order chi connectivity index (χ1) is 9.29. The van der Waals surface area contributed by atoms with Crippen LogP contribution in [0.5, 0.6) is 5.75 Å². The summed E-state index contributed by atoms with van der Waals surface area (Å²) in [7, 11) is 1.79. The van der Waals surface area contributed by atoms with Gasteiger partial charge in [-0.25, -0.2) is 0 Å². The van der Waals surface area contributed by atoms with E-state index in [1.54, 1.807) is 7.11 Å². The Morgan fingerprint density at radius 3 is 2.53 bits per heavy atom. The largest absolute Gasteiger partial charge is 0.496 e. The van der Waals surface area contributed by atoms with Crippen molar-refractivity contribution in [1.29, 1.82) is 0 Å². The first-order valence-electron chi connectivity index (χ1n) is 7.67. The van der Waals surface area contributed by atoms with Gasteiger partial charge in [-0.3, -0.25) is 0 Å². The third-order valence-corrected chi connectivity index (χ3v) is 5.06. The van der Waals surface area contributed by atoms with Crippen LogP contribution in [0.15, 0.2) is 18.2 Å². The second-order valence-corrected chi connectivity index (χ2v) is 6.28. The lowest BCUT2D eigenvalue weighted by Gasteiger charge is -2.37. The Morgan fingerprint density at radius 2 is 1.95 bits per heavy atom. The Bertz CT molecular complexity index is 445. The van der Waals surface area contributed by atoms with Gasteiger partial charge in [-0.15, -0.1) is 0 Å². The summed E-state index contributed by atoms with van der Waals surface area (Å²) in [6.45, 7) is 0.763. The van der Waals surface area contributed by atoms with Gasteiger partial charge in [0.15, 0.2) is 0 Å². The average Bonchev–Trinajstić information content (AvgIpc) is 3.32. The highest BCUT2D eigenvalue weighted by Crippen LogP contribution is 2.46. The molecule has 0 unspecified atom stereocenters. The number of benzene rings is 1. The number of nitrogens with two attached hydrogens (primary N) is 1. The Hall–Kier alpha value is -1.02. The minimum Gasteiger partial charge on any atom is -0.496 e. The molecule has 2 fully saturated rings. The highest BCUT2D eigenvalue weighted by Gasteiger charge is 2.34. The van der Waals surface area contributed by atoms with Crippen LogP contribution in [0.4, 0.5) is 0 Å². The average molecular weight is 259 g/mol. The molecule has 19 heavy (non-hydrogen) atoms. The molecule has 2 nitrogen and oxygen atoms in total. The SMILES string of the molecule is COc1cc(C2(CN)CCCCC2)ccc1C1CC1. The Kier molecular flexibility index (Phi) is 3.53. The van der Waals surface area contributed by atoms with E-state index in [0.717, 1.165) is 18.2 Å². The van der Waals surface area contributed by atoms with E-state index in [-0.39, 0.29) is 5.41 Å². The minimum absolute atomic E-state index is 0.202. The number of methoxy groups -OCH3 is 1. The van der Waals surface area contributed by atoms with Gasteiger partial charge < -0.3 is 10.5 Å². The van der Waals surface area contributed by atoms with Crippen LogP contribution in [-0.2, 0) is 5.41 Å². The predicted octanol–water partition coefficient (Wildman–Crippen LogP) is 3.73. The molecule has 2 aliphatic rings. The molecule has 2 heteroatoms. The topological polar surface area (TPSA) is 35.2 Å². The quantitative estimate of drug-likeness (QED) is 0.894. The number of hydrogen-bond donors (Lipinski definition) is 1. The van der Waals surface area contributed by atoms with Crippen LogP contribution in [-0.4, -0.2) is 13.7 Å². The van der Waals surface area contributed by atoms with E-state index < -0.39 is 0 Å². The van der Waals surface area contributed by atoms with E-state index in [0.29, 0.717) is 0 Å². The first-order valence-corrected chi connectivity index (χ1v) is 7.67. The van der Waals surface area contributed by atoms with Crippen molar-refractivity contribution < 1.29 is 4.74 Å². The van der Waals surface area contributed by atoms with Crippen LogP contribution in [0.3, 0.4) is 0 Å². The van der Waals surface area contributed by atoms with Crippen molar-refractivity contribution in [2.24, 2.45) is 5.73 Å². The van der Waals surface area contributed by atoms with Crippen molar-refractivity contribution in [2.45, 2.75) is 56.3 Å². The van der Waals surface area contributed by atoms with Crippen molar-refractivity contribution in [2.75, 3.05) is 13.7 Å². The lowest BCUT2D eigenvalue weighted by Crippen LogP contribution is -2.37. The van der Waals surface area contributed by atoms with Crippen molar-refractivity contribution in [3.05, 3.63) is 29.3 Å². The molecule has 0 saturated heterocycles. The Balaban J connectivity index is 1.94. The van der Waals surface area contributed by atoms with Gasteiger partial charge in [-0.05, 0) is 48.8 Å². The standard InChI is InChI=1S/C17H25NO/c1-19-16-11-14(7-8-15(16)13-5-6-13)17(12-18)9-3-2-4-10-17/h7-8,11,13H,2-6,9-10,12,18H2,1H3. The van der Waals surface area contributed by atoms with Crippen molar-refractivity contribution in [1.82, 2.24) is 0 Å². The van der Waals surface area contributed by atoms with Crippen molar-refractivity contribution in [3.8, 4) is 5.75 Å². The van der Waals surface area contributed by atoms with Crippen molar-refractivity contribution in [3.63, 3.8) is 0 Å². The van der Waals surface area contributed by atoms with Gasteiger partial charge in [0.25, 0.3) is 0 Å². The third-order valence-electron chi connectivity index (χ3n) is 5.06. The van der Waals surface area contributed by atoms with Crippen LogP contribution in [0.25, 0.3) is 0 Å². The fourth-order valence-electron chi connectivity index (χ4n) is 3.61. The lowest BCUT2D eigenvalue weighted by atomic mass is 9.69. The molecule has 0 heterocycles. The molecule has 0 radical (unpaired) electrons. The van der Waals surface area contributed by atoms with Gasteiger partial charge in [0.05, 0.1) is 7.11 Å². The normalized spacial score (nSPS) is 22.2. The second-order valence-electron chi connectivity index (χ2n) is 6.28. The summed E-state index contributed by atoms with van der Waals surface area (Å²) in [5, 5.41) is 0. The van der Waals surface area contributed by atoms with Gasteiger partial charge in [0.1, 0.15) is 5.75 Å². The summed E-state index contributed by atoms with van der Waals surface area (Å²) in [6, 6.07) is 6.87. The molecular formula is C17H25NO. The van der Waals surface area contributed by atoms with Crippen LogP contribution in [0.2, 0.25) is 0 Å². The van der Waals surface area contributed by atoms with Gasteiger partial charge in [0, 0.05) is 12.0 Å². The van der Waals surface area contributed by atoms with E-state index in [4.69, 9.17) is 10.5 Å². The van der Waals surface area contributed by atoms with Crippen LogP contribution in [0.1, 0.15) is 62.0 Å². The van der Waals surface area contributed by atoms with E-state index in [2.05, 4.69) is 18.2 Å². The summed E-state index contributed by atoms with van der Waals surface area (Å²) < 4.78 is 5.63. The molecular weight excluding hydrogens is 234 g/mol. The predicted molar refractivity (Wildman–Crippen MR) is 78.8 cm³/mol. The van der Waals surface area contributed by atoms with Crippen LogP contribution in [0, 0.1) is 0 Å². The maximum atomic E-state index is 6.13. The molecule has 104 valence electrons. The minimum atomic E-state index is 0.202. The monoisotopic (exact) mass is 259 g/mol. The number of rotatable bonds is 4. The summed E-state index contributed by atoms with van der Waals surface area (Å²) in [5.41, 5.74) is 9.13. The fraction of sp³-hybridized carbons (Fsp3) is 0.647. The first kappa shape index (κ1) is 13.0. The summed E-state index contributed by atoms with van der Waals surface area (Å²) in [6.07, 6.45) is 9.08. The van der Waals surface area contributed by atoms with Crippen LogP contribution >= 0.6 is 0 Å². The molecule has 1 aromatic carbocycles. The fourth-order valence-corrected chi connectivity index (χ4v) is 3.61. The van der Waals surface area contributed by atoms with Crippen molar-refractivity contribution >= 4 is 0 Å². The van der Waals surface area contributed by atoms with Crippen LogP contribution < -0.4 is 10.5 Å². The van der Waals surface area contributed by atoms with E-state index in [9.17, 15) is 0 Å². The third kappa shape index (κ3) is 2.38. The molecule has 0 amide bonds. The van der Waals surface area contributed by atoms with Gasteiger partial charge in [-0.2, -0.15) is 0 Å². The van der Waals surface area contributed by atoms with E-state index in [1.165, 1.54) is 56.1 Å². The summed E-state index contributed by atoms with van der Waals surface area (Å²) >= 11 is 0. The summed E-state index contributed by atoms with van der Waals surface area (Å²) in [4.78, 5) is 0. The maximum absolute atomic E-state index is 6.13. The molecule has 0 atom stereocenters. The number of hydrogen-bond acceptors (Lipinski definition) is 2. The molecule has 0 aromatic heterocycles. The van der Waals surface area contributed by atoms with Gasteiger partial charge in [0.2, 0.25) is 0 Å². The molecule has 0 bridgehead atoms. The Labute approximate surface area is 116 Å². The zero-order chi connectivity index (χ0) is 13.3. The molecule has 1 aromatic rings. The molecule has 0 aliphatic heterocycles. The van der Waals surface area contributed by atoms with E-state index >= 15 is 0 Å². The van der Waals surface area contributed by atoms with Gasteiger partial charge >= 0.3 is 0 Å². The molecule has 2 N–H and O–H groups in total. The smallest absolute Gasteiger partial charge is 0.122 e. The lowest BCUT2D eigenvalue weighted by molar-refractivity contribution is 0.299. The highest BCUT2D eigenvalue weighted by atomic mass is 16.5. The highest BCUT2D eigenvalue weighted by molar-refractivity contribution is 5.44. The molecule has 2 aliphatic carbocycles. The zero-order valence-corrected chi connectivity index (χ0v) is 12.0. The summed E-state index contributed by atoms with van der Waals surface area (Å²) in [5.74, 6) is 1.82.